The minimum atomic E-state index is -3.36. The predicted octanol–water partition coefficient (Wildman–Crippen LogP) is 0.521. The number of pyridine rings is 1. The van der Waals surface area contributed by atoms with Crippen molar-refractivity contribution < 1.29 is 13.5 Å². The van der Waals surface area contributed by atoms with Crippen LogP contribution in [-0.4, -0.2) is 66.8 Å². The minimum Gasteiger partial charge on any atom is -0.391 e. The van der Waals surface area contributed by atoms with Gasteiger partial charge in [0.15, 0.2) is 5.43 Å². The molecular formula is C18H25N3O4S. The van der Waals surface area contributed by atoms with Crippen molar-refractivity contribution in [1.29, 1.82) is 0 Å². The van der Waals surface area contributed by atoms with E-state index >= 15 is 0 Å². The number of likely N-dealkylation sites (tertiary alicyclic amines) is 1. The Labute approximate surface area is 153 Å². The lowest BCUT2D eigenvalue weighted by Gasteiger charge is -2.18. The highest BCUT2D eigenvalue weighted by Crippen LogP contribution is 2.21. The van der Waals surface area contributed by atoms with Crippen LogP contribution in [0.5, 0.6) is 0 Å². The summed E-state index contributed by atoms with van der Waals surface area (Å²) in [6.45, 7) is 3.28. The molecule has 0 aliphatic carbocycles. The number of aromatic amines is 1. The van der Waals surface area contributed by atoms with Gasteiger partial charge in [-0.2, -0.15) is 0 Å². The Bertz CT molecular complexity index is 968. The summed E-state index contributed by atoms with van der Waals surface area (Å²) >= 11 is 0. The summed E-state index contributed by atoms with van der Waals surface area (Å²) in [5, 5.41) is 10.9. The topological polar surface area (TPSA) is 93.7 Å². The molecule has 0 amide bonds. The molecule has 1 aromatic carbocycles. The number of rotatable bonds is 5. The first-order valence-corrected chi connectivity index (χ1v) is 10.2. The molecule has 1 aromatic heterocycles. The standard InChI is InChI=1S/C18H25N3O4S/c1-12-4-5-16-15(6-12)17(22)7-14(19-16)9-21-8-13(18(23)10-21)11-26(24,25)20(2)3/h4-7,13,18,23H,8-11H2,1-3H3,(H,19,22)/t13-,18+/m0/s1. The fraction of sp³-hybridized carbons (Fsp3) is 0.500. The molecule has 0 saturated carbocycles. The highest BCUT2D eigenvalue weighted by molar-refractivity contribution is 7.89. The minimum absolute atomic E-state index is 0.0380. The first-order chi connectivity index (χ1) is 12.2. The van der Waals surface area contributed by atoms with Gasteiger partial charge in [-0.1, -0.05) is 11.6 Å². The van der Waals surface area contributed by atoms with Crippen molar-refractivity contribution in [3.63, 3.8) is 0 Å². The van der Waals surface area contributed by atoms with Crippen LogP contribution in [0.3, 0.4) is 0 Å². The Balaban J connectivity index is 1.75. The second kappa shape index (κ2) is 7.11. The quantitative estimate of drug-likeness (QED) is 0.790. The lowest BCUT2D eigenvalue weighted by molar-refractivity contribution is 0.148. The highest BCUT2D eigenvalue weighted by atomic mass is 32.2. The maximum atomic E-state index is 12.3. The van der Waals surface area contributed by atoms with E-state index in [1.165, 1.54) is 18.4 Å². The Morgan fingerprint density at radius 2 is 2.00 bits per heavy atom. The van der Waals surface area contributed by atoms with Crippen LogP contribution in [0.4, 0.5) is 0 Å². The van der Waals surface area contributed by atoms with Crippen molar-refractivity contribution in [3.05, 3.63) is 45.7 Å². The second-order valence-corrected chi connectivity index (χ2v) is 9.52. The Hall–Kier alpha value is -1.74. The molecule has 1 aliphatic rings. The van der Waals surface area contributed by atoms with Crippen molar-refractivity contribution in [2.24, 2.45) is 5.92 Å². The zero-order valence-electron chi connectivity index (χ0n) is 15.3. The average molecular weight is 379 g/mol. The number of fused-ring (bicyclic) bond motifs is 1. The van der Waals surface area contributed by atoms with E-state index in [1.807, 2.05) is 30.0 Å². The maximum absolute atomic E-state index is 12.3. The van der Waals surface area contributed by atoms with E-state index in [9.17, 15) is 18.3 Å². The smallest absolute Gasteiger partial charge is 0.214 e. The number of aliphatic hydroxyl groups is 1. The molecule has 2 aromatic rings. The number of hydrogen-bond acceptors (Lipinski definition) is 5. The molecule has 2 atom stereocenters. The molecule has 142 valence electrons. The molecule has 7 nitrogen and oxygen atoms in total. The van der Waals surface area contributed by atoms with E-state index in [2.05, 4.69) is 4.98 Å². The van der Waals surface area contributed by atoms with Crippen LogP contribution in [0, 0.1) is 12.8 Å². The normalized spacial score (nSPS) is 21.7. The molecular weight excluding hydrogens is 354 g/mol. The first-order valence-electron chi connectivity index (χ1n) is 8.59. The third kappa shape index (κ3) is 3.98. The van der Waals surface area contributed by atoms with E-state index in [4.69, 9.17) is 0 Å². The second-order valence-electron chi connectivity index (χ2n) is 7.29. The molecule has 1 aliphatic heterocycles. The Morgan fingerprint density at radius 1 is 1.27 bits per heavy atom. The third-order valence-electron chi connectivity index (χ3n) is 4.90. The van der Waals surface area contributed by atoms with Crippen LogP contribution in [-0.2, 0) is 16.6 Å². The van der Waals surface area contributed by atoms with Crippen LogP contribution in [0.15, 0.2) is 29.1 Å². The van der Waals surface area contributed by atoms with E-state index in [0.29, 0.717) is 25.0 Å². The van der Waals surface area contributed by atoms with Crippen molar-refractivity contribution in [3.8, 4) is 0 Å². The molecule has 0 unspecified atom stereocenters. The summed E-state index contributed by atoms with van der Waals surface area (Å²) in [4.78, 5) is 17.6. The molecule has 26 heavy (non-hydrogen) atoms. The van der Waals surface area contributed by atoms with Gasteiger partial charge in [-0.3, -0.25) is 9.69 Å². The van der Waals surface area contributed by atoms with Crippen molar-refractivity contribution in [1.82, 2.24) is 14.2 Å². The molecule has 2 heterocycles. The third-order valence-corrected chi connectivity index (χ3v) is 6.86. The number of aryl methyl sites for hydroxylation is 1. The van der Waals surface area contributed by atoms with Crippen LogP contribution in [0.1, 0.15) is 11.3 Å². The lowest BCUT2D eigenvalue weighted by Crippen LogP contribution is -2.33. The number of sulfonamides is 1. The molecule has 8 heteroatoms. The number of nitrogens with one attached hydrogen (secondary N) is 1. The van der Waals surface area contributed by atoms with Gasteiger partial charge in [-0.25, -0.2) is 12.7 Å². The summed E-state index contributed by atoms with van der Waals surface area (Å²) in [6.07, 6.45) is -0.695. The first kappa shape index (κ1) is 19.0. The fourth-order valence-electron chi connectivity index (χ4n) is 3.40. The molecule has 0 spiro atoms. The number of hydrogen-bond donors (Lipinski definition) is 2. The number of β-amino-alcohol motifs (C(OH)–C–C–N with tert-alkyl or cyclic N) is 1. The van der Waals surface area contributed by atoms with Crippen LogP contribution >= 0.6 is 0 Å². The van der Waals surface area contributed by atoms with Gasteiger partial charge in [0.05, 0.1) is 11.9 Å². The van der Waals surface area contributed by atoms with Crippen molar-refractivity contribution >= 4 is 20.9 Å². The summed E-state index contributed by atoms with van der Waals surface area (Å²) in [7, 11) is -0.370. The van der Waals surface area contributed by atoms with E-state index < -0.39 is 16.1 Å². The van der Waals surface area contributed by atoms with Gasteiger partial charge in [-0.15, -0.1) is 0 Å². The predicted molar refractivity (Wildman–Crippen MR) is 102 cm³/mol. The molecule has 0 radical (unpaired) electrons. The number of H-pyrrole nitrogens is 1. The summed E-state index contributed by atoms with van der Waals surface area (Å²) < 4.78 is 25.3. The van der Waals surface area contributed by atoms with Gasteiger partial charge < -0.3 is 10.1 Å². The van der Waals surface area contributed by atoms with Gasteiger partial charge in [0.1, 0.15) is 0 Å². The molecule has 1 saturated heterocycles. The average Bonchev–Trinajstić information content (AvgIpc) is 2.87. The van der Waals surface area contributed by atoms with Gasteiger partial charge in [0, 0.05) is 62.3 Å². The zero-order chi connectivity index (χ0) is 19.1. The molecule has 3 rings (SSSR count). The number of nitrogens with zero attached hydrogens (tertiary/aromatic N) is 2. The van der Waals surface area contributed by atoms with Crippen LogP contribution < -0.4 is 5.43 Å². The number of benzene rings is 1. The molecule has 1 fully saturated rings. The molecule has 2 N–H and O–H groups in total. The maximum Gasteiger partial charge on any atom is 0.214 e. The largest absolute Gasteiger partial charge is 0.391 e. The lowest BCUT2D eigenvalue weighted by atomic mass is 10.1. The molecule has 0 bridgehead atoms. The van der Waals surface area contributed by atoms with E-state index in [-0.39, 0.29) is 17.1 Å². The monoisotopic (exact) mass is 379 g/mol. The van der Waals surface area contributed by atoms with E-state index in [1.54, 1.807) is 6.07 Å². The van der Waals surface area contributed by atoms with Gasteiger partial charge in [-0.05, 0) is 19.1 Å². The highest BCUT2D eigenvalue weighted by Gasteiger charge is 2.35. The number of aliphatic hydroxyl groups excluding tert-OH is 1. The van der Waals surface area contributed by atoms with Crippen molar-refractivity contribution in [2.75, 3.05) is 32.9 Å². The number of aromatic nitrogens is 1. The van der Waals surface area contributed by atoms with Gasteiger partial charge in [0.25, 0.3) is 0 Å². The van der Waals surface area contributed by atoms with Gasteiger partial charge in [0.2, 0.25) is 10.0 Å². The Morgan fingerprint density at radius 3 is 2.69 bits per heavy atom. The SMILES string of the molecule is Cc1ccc2[nH]c(CN3C[C@@H](CS(=O)(=O)N(C)C)[C@H](O)C3)cc(=O)c2c1. The van der Waals surface area contributed by atoms with Crippen molar-refractivity contribution in [2.45, 2.75) is 19.6 Å². The summed E-state index contributed by atoms with van der Waals surface area (Å²) in [6, 6.07) is 7.28. The van der Waals surface area contributed by atoms with Crippen LogP contribution in [0.25, 0.3) is 10.9 Å². The summed E-state index contributed by atoms with van der Waals surface area (Å²) in [5.74, 6) is -0.414. The zero-order valence-corrected chi connectivity index (χ0v) is 16.1. The van der Waals surface area contributed by atoms with E-state index in [0.717, 1.165) is 16.8 Å². The van der Waals surface area contributed by atoms with Crippen LogP contribution in [0.2, 0.25) is 0 Å². The summed E-state index contributed by atoms with van der Waals surface area (Å²) in [5.41, 5.74) is 2.53. The Kier molecular flexibility index (Phi) is 5.21. The fourth-order valence-corrected chi connectivity index (χ4v) is 4.56. The van der Waals surface area contributed by atoms with Gasteiger partial charge >= 0.3 is 0 Å².